The third kappa shape index (κ3) is 4.60. The molecule has 0 spiro atoms. The van der Waals surface area contributed by atoms with Crippen LogP contribution in [-0.2, 0) is 11.2 Å². The normalized spacial score (nSPS) is 18.4. The highest BCUT2D eigenvalue weighted by Crippen LogP contribution is 2.22. The summed E-state index contributed by atoms with van der Waals surface area (Å²) in [6, 6.07) is 7.79. The van der Waals surface area contributed by atoms with Crippen molar-refractivity contribution >= 4 is 35.8 Å². The first-order valence-electron chi connectivity index (χ1n) is 6.93. The number of carbonyl (C=O) groups is 1. The van der Waals surface area contributed by atoms with E-state index in [2.05, 4.69) is 6.92 Å². The first-order chi connectivity index (χ1) is 9.20. The predicted molar refractivity (Wildman–Crippen MR) is 89.5 cm³/mol. The van der Waals surface area contributed by atoms with Crippen molar-refractivity contribution in [2.75, 3.05) is 24.6 Å². The van der Waals surface area contributed by atoms with E-state index in [0.29, 0.717) is 11.7 Å². The number of amides is 1. The molecule has 1 aromatic rings. The molecular formula is C15H23ClN2OS. The summed E-state index contributed by atoms with van der Waals surface area (Å²) in [7, 11) is 0. The van der Waals surface area contributed by atoms with Gasteiger partial charge in [-0.1, -0.05) is 25.1 Å². The van der Waals surface area contributed by atoms with Gasteiger partial charge in [0.15, 0.2) is 0 Å². The minimum atomic E-state index is 0. The fourth-order valence-corrected chi connectivity index (χ4v) is 3.53. The van der Waals surface area contributed by atoms with Gasteiger partial charge < -0.3 is 10.6 Å². The maximum absolute atomic E-state index is 12.2. The van der Waals surface area contributed by atoms with Crippen LogP contribution in [0.2, 0.25) is 0 Å². The Morgan fingerprint density at radius 2 is 2.20 bits per heavy atom. The zero-order chi connectivity index (χ0) is 13.7. The lowest BCUT2D eigenvalue weighted by Gasteiger charge is -2.32. The fraction of sp³-hybridized carbons (Fsp3) is 0.533. The van der Waals surface area contributed by atoms with Crippen molar-refractivity contribution < 1.29 is 4.79 Å². The number of aryl methyl sites for hydroxylation is 1. The lowest BCUT2D eigenvalue weighted by Crippen LogP contribution is -2.41. The van der Waals surface area contributed by atoms with Gasteiger partial charge in [-0.3, -0.25) is 4.79 Å². The molecule has 1 amide bonds. The van der Waals surface area contributed by atoms with Crippen LogP contribution >= 0.6 is 24.2 Å². The lowest BCUT2D eigenvalue weighted by atomic mass is 10.1. The number of rotatable bonds is 4. The fourth-order valence-electron chi connectivity index (χ4n) is 2.35. The molecule has 3 nitrogen and oxygen atoms in total. The van der Waals surface area contributed by atoms with E-state index in [1.807, 2.05) is 40.9 Å². The number of hydrogen-bond acceptors (Lipinski definition) is 3. The predicted octanol–water partition coefficient (Wildman–Crippen LogP) is 2.98. The van der Waals surface area contributed by atoms with Gasteiger partial charge in [0.05, 0.1) is 0 Å². The average molecular weight is 315 g/mol. The van der Waals surface area contributed by atoms with E-state index in [4.69, 9.17) is 5.73 Å². The van der Waals surface area contributed by atoms with E-state index < -0.39 is 0 Å². The highest BCUT2D eigenvalue weighted by atomic mass is 35.5. The highest BCUT2D eigenvalue weighted by molar-refractivity contribution is 8.00. The Labute approximate surface area is 131 Å². The van der Waals surface area contributed by atoms with Crippen LogP contribution in [0.5, 0.6) is 0 Å². The van der Waals surface area contributed by atoms with Crippen molar-refractivity contribution in [2.24, 2.45) is 0 Å². The molecule has 1 aromatic carbocycles. The number of nitrogens with two attached hydrogens (primary N) is 1. The van der Waals surface area contributed by atoms with Gasteiger partial charge in [0.2, 0.25) is 5.91 Å². The van der Waals surface area contributed by atoms with Crippen molar-refractivity contribution in [1.29, 1.82) is 0 Å². The Hall–Kier alpha value is -0.870. The van der Waals surface area contributed by atoms with Gasteiger partial charge in [-0.25, -0.2) is 0 Å². The first kappa shape index (κ1) is 17.2. The van der Waals surface area contributed by atoms with Crippen molar-refractivity contribution in [3.05, 3.63) is 29.8 Å². The van der Waals surface area contributed by atoms with Crippen LogP contribution < -0.4 is 5.73 Å². The summed E-state index contributed by atoms with van der Waals surface area (Å²) in [6.45, 7) is 3.99. The molecule has 112 valence electrons. The van der Waals surface area contributed by atoms with E-state index >= 15 is 0 Å². The monoisotopic (exact) mass is 314 g/mol. The number of nitrogen functional groups attached to an aromatic ring is 1. The molecule has 0 aromatic heterocycles. The molecule has 2 N–H and O–H groups in total. The number of anilines is 1. The van der Waals surface area contributed by atoms with Crippen LogP contribution in [0.15, 0.2) is 24.3 Å². The quantitative estimate of drug-likeness (QED) is 0.869. The molecule has 1 saturated heterocycles. The summed E-state index contributed by atoms with van der Waals surface area (Å²) >= 11 is 1.99. The van der Waals surface area contributed by atoms with E-state index in [1.165, 1.54) is 0 Å². The topological polar surface area (TPSA) is 46.3 Å². The van der Waals surface area contributed by atoms with Gasteiger partial charge >= 0.3 is 0 Å². The lowest BCUT2D eigenvalue weighted by molar-refractivity contribution is -0.131. The molecule has 0 radical (unpaired) electrons. The minimum Gasteiger partial charge on any atom is -0.399 e. The van der Waals surface area contributed by atoms with Gasteiger partial charge in [-0.2, -0.15) is 11.8 Å². The Morgan fingerprint density at radius 3 is 2.90 bits per heavy atom. The summed E-state index contributed by atoms with van der Waals surface area (Å²) in [5.74, 6) is 1.33. The zero-order valence-electron chi connectivity index (χ0n) is 11.9. The Morgan fingerprint density at radius 1 is 1.45 bits per heavy atom. The molecule has 20 heavy (non-hydrogen) atoms. The van der Waals surface area contributed by atoms with E-state index in [9.17, 15) is 4.79 Å². The standard InChI is InChI=1S/C15H22N2OS.ClH/c1-2-13-11-17(9-10-19-13)15(18)8-7-12-5-3-4-6-14(12)16;/h3-6,13H,2,7-11,16H2,1H3;1H. The Bertz CT molecular complexity index is 442. The molecule has 1 heterocycles. The molecular weight excluding hydrogens is 292 g/mol. The van der Waals surface area contributed by atoms with Crippen LogP contribution in [0.4, 0.5) is 5.69 Å². The number of halogens is 1. The molecule has 1 atom stereocenters. The molecule has 1 fully saturated rings. The molecule has 1 aliphatic heterocycles. The summed E-state index contributed by atoms with van der Waals surface area (Å²) in [5.41, 5.74) is 7.77. The number of hydrogen-bond donors (Lipinski definition) is 1. The van der Waals surface area contributed by atoms with Gasteiger partial charge in [0.1, 0.15) is 0 Å². The maximum atomic E-state index is 12.2. The highest BCUT2D eigenvalue weighted by Gasteiger charge is 2.22. The molecule has 1 aliphatic rings. The SMILES string of the molecule is CCC1CN(C(=O)CCc2ccccc2N)CCS1.Cl. The number of para-hydroxylation sites is 1. The van der Waals surface area contributed by atoms with Crippen LogP contribution in [-0.4, -0.2) is 34.9 Å². The molecule has 2 rings (SSSR count). The van der Waals surface area contributed by atoms with Crippen molar-refractivity contribution in [3.8, 4) is 0 Å². The van der Waals surface area contributed by atoms with Gasteiger partial charge in [0, 0.05) is 36.2 Å². The third-order valence-electron chi connectivity index (χ3n) is 3.61. The largest absolute Gasteiger partial charge is 0.399 e. The van der Waals surface area contributed by atoms with Crippen molar-refractivity contribution in [2.45, 2.75) is 31.4 Å². The second-order valence-electron chi connectivity index (χ2n) is 4.94. The summed E-state index contributed by atoms with van der Waals surface area (Å²) < 4.78 is 0. The smallest absolute Gasteiger partial charge is 0.222 e. The Balaban J connectivity index is 0.00000200. The van der Waals surface area contributed by atoms with Crippen molar-refractivity contribution in [3.63, 3.8) is 0 Å². The average Bonchev–Trinajstić information content (AvgIpc) is 2.46. The summed E-state index contributed by atoms with van der Waals surface area (Å²) in [4.78, 5) is 14.2. The van der Waals surface area contributed by atoms with Crippen LogP contribution in [0, 0.1) is 0 Å². The van der Waals surface area contributed by atoms with E-state index in [1.54, 1.807) is 0 Å². The Kier molecular flexibility index (Phi) is 7.24. The molecule has 0 saturated carbocycles. The van der Waals surface area contributed by atoms with Crippen LogP contribution in [0.3, 0.4) is 0 Å². The number of carbonyl (C=O) groups excluding carboxylic acids is 1. The second kappa shape index (κ2) is 8.42. The number of thioether (sulfide) groups is 1. The van der Waals surface area contributed by atoms with Crippen molar-refractivity contribution in [1.82, 2.24) is 4.90 Å². The minimum absolute atomic E-state index is 0. The number of benzene rings is 1. The molecule has 0 bridgehead atoms. The maximum Gasteiger partial charge on any atom is 0.222 e. The third-order valence-corrected chi connectivity index (χ3v) is 4.98. The molecule has 1 unspecified atom stereocenters. The summed E-state index contributed by atoms with van der Waals surface area (Å²) in [5, 5.41) is 0.611. The van der Waals surface area contributed by atoms with Gasteiger partial charge in [-0.15, -0.1) is 12.4 Å². The van der Waals surface area contributed by atoms with E-state index in [-0.39, 0.29) is 18.3 Å². The van der Waals surface area contributed by atoms with Gasteiger partial charge in [-0.05, 0) is 24.5 Å². The first-order valence-corrected chi connectivity index (χ1v) is 7.98. The van der Waals surface area contributed by atoms with Crippen LogP contribution in [0.25, 0.3) is 0 Å². The van der Waals surface area contributed by atoms with E-state index in [0.717, 1.165) is 42.9 Å². The zero-order valence-corrected chi connectivity index (χ0v) is 13.5. The molecule has 5 heteroatoms. The van der Waals surface area contributed by atoms with Gasteiger partial charge in [0.25, 0.3) is 0 Å². The number of nitrogens with zero attached hydrogens (tertiary/aromatic N) is 1. The van der Waals surface area contributed by atoms with Crippen LogP contribution in [0.1, 0.15) is 25.3 Å². The molecule has 0 aliphatic carbocycles. The second-order valence-corrected chi connectivity index (χ2v) is 6.35. The summed E-state index contributed by atoms with van der Waals surface area (Å²) in [6.07, 6.45) is 2.45.